The Kier molecular flexibility index (Phi) is 8.67. The van der Waals surface area contributed by atoms with Gasteiger partial charge in [0.1, 0.15) is 0 Å². The molecule has 0 aliphatic carbocycles. The summed E-state index contributed by atoms with van der Waals surface area (Å²) in [5, 5.41) is 3.30. The van der Waals surface area contributed by atoms with Gasteiger partial charge in [-0.25, -0.2) is 0 Å². The van der Waals surface area contributed by atoms with Crippen LogP contribution in [0.3, 0.4) is 0 Å². The van der Waals surface area contributed by atoms with Gasteiger partial charge in [0.25, 0.3) is 0 Å². The minimum atomic E-state index is 0.180. The molecule has 0 radical (unpaired) electrons. The molecule has 0 saturated carbocycles. The van der Waals surface area contributed by atoms with Crippen molar-refractivity contribution in [1.29, 1.82) is 0 Å². The number of hydrogen-bond acceptors (Lipinski definition) is 2. The van der Waals surface area contributed by atoms with E-state index in [1.807, 2.05) is 42.3 Å². The molecule has 1 aliphatic rings. The summed E-state index contributed by atoms with van der Waals surface area (Å²) in [5.74, 6) is 0.470. The molecule has 1 amide bonds. The van der Waals surface area contributed by atoms with Crippen molar-refractivity contribution in [2.45, 2.75) is 19.3 Å². The zero-order valence-corrected chi connectivity index (χ0v) is 17.8. The van der Waals surface area contributed by atoms with Crippen LogP contribution in [0.4, 0.5) is 0 Å². The van der Waals surface area contributed by atoms with Crippen molar-refractivity contribution >= 4 is 5.91 Å². The summed E-state index contributed by atoms with van der Waals surface area (Å²) in [4.78, 5) is 14.1. The van der Waals surface area contributed by atoms with Crippen molar-refractivity contribution < 1.29 is 4.79 Å². The van der Waals surface area contributed by atoms with E-state index < -0.39 is 0 Å². The highest BCUT2D eigenvalue weighted by atomic mass is 16.2. The molecule has 1 heterocycles. The van der Waals surface area contributed by atoms with Crippen LogP contribution in [0.1, 0.15) is 18.4 Å². The fourth-order valence-corrected chi connectivity index (χ4v) is 3.69. The summed E-state index contributed by atoms with van der Waals surface area (Å²) >= 11 is 0. The lowest BCUT2D eigenvalue weighted by atomic mass is 9.98. The van der Waals surface area contributed by atoms with E-state index in [1.54, 1.807) is 0 Å². The van der Waals surface area contributed by atoms with Gasteiger partial charge in [-0.3, -0.25) is 4.79 Å². The molecule has 3 heteroatoms. The van der Waals surface area contributed by atoms with E-state index in [0.717, 1.165) is 38.9 Å². The molecule has 30 heavy (non-hydrogen) atoms. The van der Waals surface area contributed by atoms with Crippen molar-refractivity contribution in [3.63, 3.8) is 0 Å². The number of amides is 1. The Balaban J connectivity index is 0.000000184. The molecule has 1 N–H and O–H groups in total. The Labute approximate surface area is 180 Å². The van der Waals surface area contributed by atoms with Gasteiger partial charge in [-0.1, -0.05) is 91.0 Å². The predicted octanol–water partition coefficient (Wildman–Crippen LogP) is 5.04. The van der Waals surface area contributed by atoms with Crippen LogP contribution in [-0.2, 0) is 11.2 Å². The van der Waals surface area contributed by atoms with Gasteiger partial charge in [-0.15, -0.1) is 0 Å². The SMILES string of the molecule is CN(CCc1ccccc1)C(=O)C1CCCNC1.c1ccc(-c2ccccc2)cc1. The van der Waals surface area contributed by atoms with Crippen LogP contribution in [0.15, 0.2) is 91.0 Å². The third-order valence-electron chi connectivity index (χ3n) is 5.48. The van der Waals surface area contributed by atoms with E-state index in [1.165, 1.54) is 16.7 Å². The smallest absolute Gasteiger partial charge is 0.226 e. The number of nitrogens with zero attached hydrogens (tertiary/aromatic N) is 1. The number of nitrogens with one attached hydrogen (secondary N) is 1. The summed E-state index contributed by atoms with van der Waals surface area (Å²) in [6.45, 7) is 2.70. The standard InChI is InChI=1S/C15H22N2O.C12H10/c1-17(11-9-13-6-3-2-4-7-13)15(18)14-8-5-10-16-12-14;1-3-7-11(8-4-1)12-9-5-2-6-10-12/h2-4,6-7,14,16H,5,8-12H2,1H3;1-10H. The fourth-order valence-electron chi connectivity index (χ4n) is 3.69. The first-order valence-electron chi connectivity index (χ1n) is 10.8. The summed E-state index contributed by atoms with van der Waals surface area (Å²) in [6, 6.07) is 31.1. The number of benzene rings is 3. The summed E-state index contributed by atoms with van der Waals surface area (Å²) in [6.07, 6.45) is 3.08. The van der Waals surface area contributed by atoms with Crippen molar-refractivity contribution in [2.75, 3.05) is 26.7 Å². The lowest BCUT2D eigenvalue weighted by Crippen LogP contribution is -2.42. The Morgan fingerprint density at radius 2 is 1.40 bits per heavy atom. The summed E-state index contributed by atoms with van der Waals surface area (Å²) < 4.78 is 0. The second kappa shape index (κ2) is 11.9. The topological polar surface area (TPSA) is 32.3 Å². The maximum atomic E-state index is 12.2. The number of piperidine rings is 1. The first kappa shape index (κ1) is 21.8. The monoisotopic (exact) mass is 400 g/mol. The zero-order chi connectivity index (χ0) is 21.0. The molecule has 0 spiro atoms. The Hall–Kier alpha value is -2.91. The molecule has 0 aromatic heterocycles. The maximum absolute atomic E-state index is 12.2. The molecule has 3 nitrogen and oxygen atoms in total. The molecule has 156 valence electrons. The largest absolute Gasteiger partial charge is 0.345 e. The number of carbonyl (C=O) groups is 1. The van der Waals surface area contributed by atoms with Gasteiger partial charge in [-0.2, -0.15) is 0 Å². The molecule has 4 rings (SSSR count). The maximum Gasteiger partial charge on any atom is 0.226 e. The van der Waals surface area contributed by atoms with Crippen LogP contribution in [0.25, 0.3) is 11.1 Å². The van der Waals surface area contributed by atoms with Crippen LogP contribution >= 0.6 is 0 Å². The predicted molar refractivity (Wildman–Crippen MR) is 125 cm³/mol. The van der Waals surface area contributed by atoms with Gasteiger partial charge in [0.2, 0.25) is 5.91 Å². The molecule has 3 aromatic carbocycles. The molecule has 0 bridgehead atoms. The first-order chi connectivity index (χ1) is 14.7. The van der Waals surface area contributed by atoms with Crippen molar-refractivity contribution in [3.8, 4) is 11.1 Å². The second-order valence-electron chi connectivity index (χ2n) is 7.77. The third-order valence-corrected chi connectivity index (χ3v) is 5.48. The lowest BCUT2D eigenvalue weighted by molar-refractivity contribution is -0.134. The quantitative estimate of drug-likeness (QED) is 0.651. The van der Waals surface area contributed by atoms with Gasteiger partial charge >= 0.3 is 0 Å². The average molecular weight is 401 g/mol. The van der Waals surface area contributed by atoms with Crippen LogP contribution < -0.4 is 5.32 Å². The normalized spacial score (nSPS) is 15.6. The zero-order valence-electron chi connectivity index (χ0n) is 17.8. The number of carbonyl (C=O) groups excluding carboxylic acids is 1. The highest BCUT2D eigenvalue weighted by Crippen LogP contribution is 2.17. The minimum absolute atomic E-state index is 0.180. The van der Waals surface area contributed by atoms with E-state index in [-0.39, 0.29) is 11.8 Å². The Morgan fingerprint density at radius 3 is 1.90 bits per heavy atom. The second-order valence-corrected chi connectivity index (χ2v) is 7.77. The molecule has 1 unspecified atom stereocenters. The Morgan fingerprint density at radius 1 is 0.867 bits per heavy atom. The molecular formula is C27H32N2O. The van der Waals surface area contributed by atoms with Gasteiger partial charge in [0.05, 0.1) is 5.92 Å². The van der Waals surface area contributed by atoms with Gasteiger partial charge in [-0.05, 0) is 42.5 Å². The molecule has 1 atom stereocenters. The van der Waals surface area contributed by atoms with Gasteiger partial charge in [0, 0.05) is 20.1 Å². The lowest BCUT2D eigenvalue weighted by Gasteiger charge is -2.27. The van der Waals surface area contributed by atoms with Gasteiger partial charge < -0.3 is 10.2 Å². The van der Waals surface area contributed by atoms with Crippen LogP contribution in [0, 0.1) is 5.92 Å². The van der Waals surface area contributed by atoms with Crippen molar-refractivity contribution in [2.24, 2.45) is 5.92 Å². The number of hydrogen-bond donors (Lipinski definition) is 1. The fraction of sp³-hybridized carbons (Fsp3) is 0.296. The van der Waals surface area contributed by atoms with Crippen LogP contribution in [-0.4, -0.2) is 37.5 Å². The third kappa shape index (κ3) is 6.85. The number of likely N-dealkylation sites (N-methyl/N-ethyl adjacent to an activating group) is 1. The van der Waals surface area contributed by atoms with Crippen molar-refractivity contribution in [3.05, 3.63) is 96.6 Å². The summed E-state index contributed by atoms with van der Waals surface area (Å²) in [7, 11) is 1.92. The van der Waals surface area contributed by atoms with Crippen molar-refractivity contribution in [1.82, 2.24) is 10.2 Å². The van der Waals surface area contributed by atoms with Crippen LogP contribution in [0.5, 0.6) is 0 Å². The van der Waals surface area contributed by atoms with E-state index >= 15 is 0 Å². The van der Waals surface area contributed by atoms with E-state index in [4.69, 9.17) is 0 Å². The highest BCUT2D eigenvalue weighted by molar-refractivity contribution is 5.78. The number of rotatable bonds is 5. The van der Waals surface area contributed by atoms with E-state index in [9.17, 15) is 4.79 Å². The molecule has 1 fully saturated rings. The molecular weight excluding hydrogens is 368 g/mol. The van der Waals surface area contributed by atoms with E-state index in [0.29, 0.717) is 0 Å². The summed E-state index contributed by atoms with van der Waals surface area (Å²) in [5.41, 5.74) is 3.84. The Bertz CT molecular complexity index is 822. The van der Waals surface area contributed by atoms with Crippen LogP contribution in [0.2, 0.25) is 0 Å². The first-order valence-corrected chi connectivity index (χ1v) is 10.8. The van der Waals surface area contributed by atoms with Gasteiger partial charge in [0.15, 0.2) is 0 Å². The molecule has 1 aliphatic heterocycles. The van der Waals surface area contributed by atoms with E-state index in [2.05, 4.69) is 66.0 Å². The minimum Gasteiger partial charge on any atom is -0.345 e. The molecule has 3 aromatic rings. The average Bonchev–Trinajstić information content (AvgIpc) is 2.85. The molecule has 1 saturated heterocycles. The highest BCUT2D eigenvalue weighted by Gasteiger charge is 2.23.